The normalized spacial score (nSPS) is 17.2. The molecule has 4 nitrogen and oxygen atoms in total. The van der Waals surface area contributed by atoms with Gasteiger partial charge in [-0.05, 0) is 44.6 Å². The number of aryl methyl sites for hydroxylation is 1. The lowest BCUT2D eigenvalue weighted by Crippen LogP contribution is -2.13. The molecule has 1 aliphatic rings. The monoisotopic (exact) mass is 346 g/mol. The Balaban J connectivity index is 2.36. The number of phenols is 1. The molecule has 1 aromatic carbocycles. The number of carbonyl (C=O) groups excluding carboxylic acids is 1. The molecule has 0 bridgehead atoms. The van der Waals surface area contributed by atoms with Gasteiger partial charge in [0.1, 0.15) is 17.9 Å². The van der Waals surface area contributed by atoms with Crippen molar-refractivity contribution in [3.63, 3.8) is 0 Å². The number of esters is 1. The first-order valence-electron chi connectivity index (χ1n) is 9.38. The van der Waals surface area contributed by atoms with Crippen LogP contribution < -0.4 is 0 Å². The number of benzene rings is 1. The number of rotatable bonds is 8. The molecule has 0 amide bonds. The summed E-state index contributed by atoms with van der Waals surface area (Å²) in [5, 5.41) is 19.8. The van der Waals surface area contributed by atoms with E-state index in [0.717, 1.165) is 56.1 Å². The summed E-state index contributed by atoms with van der Waals surface area (Å²) >= 11 is 0. The summed E-state index contributed by atoms with van der Waals surface area (Å²) in [4.78, 5) is 12.5. The van der Waals surface area contributed by atoms with Gasteiger partial charge >= 0.3 is 5.97 Å². The number of aromatic hydroxyl groups is 1. The van der Waals surface area contributed by atoms with Gasteiger partial charge in [-0.3, -0.25) is 0 Å². The van der Waals surface area contributed by atoms with Gasteiger partial charge in [0.2, 0.25) is 0 Å². The van der Waals surface area contributed by atoms with E-state index >= 15 is 0 Å². The van der Waals surface area contributed by atoms with Crippen molar-refractivity contribution >= 4 is 5.97 Å². The number of carbonyl (C=O) groups is 1. The first-order valence-corrected chi connectivity index (χ1v) is 9.38. The van der Waals surface area contributed by atoms with Gasteiger partial charge in [-0.15, -0.1) is 0 Å². The van der Waals surface area contributed by atoms with Crippen LogP contribution in [0.2, 0.25) is 0 Å². The minimum atomic E-state index is -0.545. The van der Waals surface area contributed by atoms with Crippen molar-refractivity contribution in [3.05, 3.63) is 40.5 Å². The number of hydrogen-bond acceptors (Lipinski definition) is 4. The summed E-state index contributed by atoms with van der Waals surface area (Å²) in [6, 6.07) is 3.91. The van der Waals surface area contributed by atoms with E-state index in [2.05, 4.69) is 19.9 Å². The van der Waals surface area contributed by atoms with Gasteiger partial charge in [-0.2, -0.15) is 0 Å². The molecular formula is C21H30O4. The molecule has 0 aliphatic heterocycles. The van der Waals surface area contributed by atoms with Crippen molar-refractivity contribution < 1.29 is 19.7 Å². The average molecular weight is 346 g/mol. The smallest absolute Gasteiger partial charge is 0.342 e. The fourth-order valence-electron chi connectivity index (χ4n) is 3.52. The molecule has 0 aromatic heterocycles. The highest BCUT2D eigenvalue weighted by Gasteiger charge is 2.24. The van der Waals surface area contributed by atoms with Crippen molar-refractivity contribution in [1.29, 1.82) is 0 Å². The predicted molar refractivity (Wildman–Crippen MR) is 99.1 cm³/mol. The molecule has 1 atom stereocenters. The maximum atomic E-state index is 12.5. The molecule has 1 unspecified atom stereocenters. The van der Waals surface area contributed by atoms with Gasteiger partial charge in [0.15, 0.2) is 0 Å². The van der Waals surface area contributed by atoms with Crippen molar-refractivity contribution in [2.75, 3.05) is 13.2 Å². The van der Waals surface area contributed by atoms with Gasteiger partial charge in [0.25, 0.3) is 0 Å². The third-order valence-corrected chi connectivity index (χ3v) is 4.85. The Labute approximate surface area is 150 Å². The van der Waals surface area contributed by atoms with Crippen LogP contribution in [0, 0.1) is 0 Å². The van der Waals surface area contributed by atoms with Gasteiger partial charge in [-0.25, -0.2) is 4.79 Å². The number of ether oxygens (including phenoxy) is 1. The zero-order valence-corrected chi connectivity index (χ0v) is 15.4. The molecule has 4 heteroatoms. The van der Waals surface area contributed by atoms with Crippen LogP contribution in [0.4, 0.5) is 0 Å². The van der Waals surface area contributed by atoms with E-state index in [1.165, 1.54) is 5.57 Å². The van der Waals surface area contributed by atoms with Crippen LogP contribution in [0.1, 0.15) is 79.8 Å². The molecule has 0 saturated heterocycles. The van der Waals surface area contributed by atoms with Gasteiger partial charge < -0.3 is 14.9 Å². The Morgan fingerprint density at radius 2 is 2.12 bits per heavy atom. The Morgan fingerprint density at radius 1 is 1.32 bits per heavy atom. The molecule has 0 saturated carbocycles. The lowest BCUT2D eigenvalue weighted by molar-refractivity contribution is 0.0429. The Kier molecular flexibility index (Phi) is 7.51. The number of phenolic OH excluding ortho intramolecular Hbond substituents is 1. The zero-order valence-electron chi connectivity index (χ0n) is 15.4. The quantitative estimate of drug-likeness (QED) is 0.413. The second-order valence-electron chi connectivity index (χ2n) is 6.87. The van der Waals surface area contributed by atoms with Gasteiger partial charge in [0.05, 0.1) is 6.61 Å². The van der Waals surface area contributed by atoms with E-state index in [4.69, 9.17) is 9.84 Å². The van der Waals surface area contributed by atoms with Gasteiger partial charge in [0, 0.05) is 11.5 Å². The molecule has 0 heterocycles. The van der Waals surface area contributed by atoms with Crippen LogP contribution in [0.25, 0.3) is 0 Å². The molecule has 1 aliphatic carbocycles. The standard InChI is InChI=1S/C21H30O4/c1-3-4-5-8-16-10-11-18(17-9-6-7-15(2)14-17)20(23)19(16)21(24)25-13-12-22/h10-11,14,17,22-23H,3-9,12-13H2,1-2H3. The average Bonchev–Trinajstić information content (AvgIpc) is 2.60. The van der Waals surface area contributed by atoms with Crippen molar-refractivity contribution in [2.45, 2.75) is 64.7 Å². The second-order valence-corrected chi connectivity index (χ2v) is 6.87. The summed E-state index contributed by atoms with van der Waals surface area (Å²) in [6.45, 7) is 3.97. The van der Waals surface area contributed by atoms with Crippen LogP contribution in [0.5, 0.6) is 5.75 Å². The molecule has 2 rings (SSSR count). The summed E-state index contributed by atoms with van der Waals surface area (Å²) in [6.07, 6.45) is 9.25. The summed E-state index contributed by atoms with van der Waals surface area (Å²) in [5.41, 5.74) is 3.23. The SMILES string of the molecule is CCCCCc1ccc(C2C=C(C)CCC2)c(O)c1C(=O)OCCO. The minimum absolute atomic E-state index is 0.0490. The van der Waals surface area contributed by atoms with Crippen molar-refractivity contribution in [2.24, 2.45) is 0 Å². The molecule has 25 heavy (non-hydrogen) atoms. The highest BCUT2D eigenvalue weighted by molar-refractivity contribution is 5.94. The van der Waals surface area contributed by atoms with E-state index in [0.29, 0.717) is 0 Å². The molecule has 1 aromatic rings. The molecule has 0 radical (unpaired) electrons. The largest absolute Gasteiger partial charge is 0.507 e. The minimum Gasteiger partial charge on any atom is -0.507 e. The van der Waals surface area contributed by atoms with Gasteiger partial charge in [-0.1, -0.05) is 43.5 Å². The first kappa shape index (κ1) is 19.5. The first-order chi connectivity index (χ1) is 12.1. The number of allylic oxidation sites excluding steroid dienone is 2. The van der Waals surface area contributed by atoms with E-state index in [1.807, 2.05) is 12.1 Å². The molecular weight excluding hydrogens is 316 g/mol. The summed E-state index contributed by atoms with van der Waals surface area (Å²) < 4.78 is 5.10. The van der Waals surface area contributed by atoms with E-state index in [-0.39, 0.29) is 30.4 Å². The summed E-state index contributed by atoms with van der Waals surface area (Å²) in [7, 11) is 0. The number of hydrogen-bond donors (Lipinski definition) is 2. The second kappa shape index (κ2) is 9.62. The fourth-order valence-corrected chi connectivity index (χ4v) is 3.52. The highest BCUT2D eigenvalue weighted by Crippen LogP contribution is 2.38. The molecule has 0 spiro atoms. The van der Waals surface area contributed by atoms with E-state index < -0.39 is 5.97 Å². The van der Waals surface area contributed by atoms with Crippen LogP contribution in [0.3, 0.4) is 0 Å². The third-order valence-electron chi connectivity index (χ3n) is 4.85. The Morgan fingerprint density at radius 3 is 2.80 bits per heavy atom. The lowest BCUT2D eigenvalue weighted by atomic mass is 9.84. The van der Waals surface area contributed by atoms with Crippen molar-refractivity contribution in [3.8, 4) is 5.75 Å². The van der Waals surface area contributed by atoms with Crippen LogP contribution in [0.15, 0.2) is 23.8 Å². The fraction of sp³-hybridized carbons (Fsp3) is 0.571. The van der Waals surface area contributed by atoms with Crippen LogP contribution in [-0.4, -0.2) is 29.4 Å². The van der Waals surface area contributed by atoms with Crippen LogP contribution >= 0.6 is 0 Å². The van der Waals surface area contributed by atoms with Crippen LogP contribution in [-0.2, 0) is 11.2 Å². The van der Waals surface area contributed by atoms with Crippen molar-refractivity contribution in [1.82, 2.24) is 0 Å². The maximum Gasteiger partial charge on any atom is 0.342 e. The maximum absolute atomic E-state index is 12.5. The Bertz CT molecular complexity index is 619. The van der Waals surface area contributed by atoms with E-state index in [1.54, 1.807) is 0 Å². The number of aliphatic hydroxyl groups excluding tert-OH is 1. The van der Waals surface area contributed by atoms with E-state index in [9.17, 15) is 9.90 Å². The predicted octanol–water partition coefficient (Wildman–Crippen LogP) is 4.49. The zero-order chi connectivity index (χ0) is 18.2. The lowest BCUT2D eigenvalue weighted by Gasteiger charge is -2.22. The molecule has 138 valence electrons. The molecule has 0 fully saturated rings. The Hall–Kier alpha value is -1.81. The highest BCUT2D eigenvalue weighted by atomic mass is 16.5. The third kappa shape index (κ3) is 5.08. The summed E-state index contributed by atoms with van der Waals surface area (Å²) in [5.74, 6) is -0.355. The topological polar surface area (TPSA) is 66.8 Å². The number of aliphatic hydroxyl groups is 1. The molecule has 2 N–H and O–H groups in total. The number of unbranched alkanes of at least 4 members (excludes halogenated alkanes) is 2.